The van der Waals surface area contributed by atoms with Crippen LogP contribution >= 0.6 is 12.4 Å². The molecule has 0 saturated heterocycles. The van der Waals surface area contributed by atoms with Gasteiger partial charge in [-0.3, -0.25) is 0 Å². The number of nitrogens with two attached hydrogens (primary N) is 1. The van der Waals surface area contributed by atoms with E-state index in [9.17, 15) is 0 Å². The third-order valence-corrected chi connectivity index (χ3v) is 4.26. The van der Waals surface area contributed by atoms with Crippen LogP contribution in [0.2, 0.25) is 0 Å². The zero-order valence-corrected chi connectivity index (χ0v) is 11.5. The predicted molar refractivity (Wildman–Crippen MR) is 76.4 cm³/mol. The second kappa shape index (κ2) is 5.94. The van der Waals surface area contributed by atoms with Gasteiger partial charge < -0.3 is 10.5 Å². The van der Waals surface area contributed by atoms with E-state index >= 15 is 0 Å². The maximum Gasteiger partial charge on any atom is 0.122 e. The van der Waals surface area contributed by atoms with E-state index in [1.807, 2.05) is 0 Å². The topological polar surface area (TPSA) is 35.2 Å². The van der Waals surface area contributed by atoms with Crippen LogP contribution in [-0.4, -0.2) is 6.61 Å². The molecule has 0 spiro atoms. The van der Waals surface area contributed by atoms with Crippen molar-refractivity contribution in [2.75, 3.05) is 6.61 Å². The minimum Gasteiger partial charge on any atom is -0.493 e. The molecule has 1 fully saturated rings. The lowest BCUT2D eigenvalue weighted by molar-refractivity contribution is 0.308. The minimum atomic E-state index is 0. The molecule has 1 aliphatic carbocycles. The molecule has 3 heteroatoms. The molecule has 1 aromatic rings. The van der Waals surface area contributed by atoms with Crippen LogP contribution in [0.4, 0.5) is 0 Å². The van der Waals surface area contributed by atoms with Gasteiger partial charge in [-0.15, -0.1) is 12.4 Å². The fourth-order valence-corrected chi connectivity index (χ4v) is 3.18. The van der Waals surface area contributed by atoms with Gasteiger partial charge in [0.2, 0.25) is 0 Å². The molecule has 0 unspecified atom stereocenters. The Bertz CT molecular complexity index is 401. The fourth-order valence-electron chi connectivity index (χ4n) is 3.18. The van der Waals surface area contributed by atoms with Gasteiger partial charge in [-0.05, 0) is 36.0 Å². The molecule has 2 nitrogen and oxygen atoms in total. The molecule has 0 aromatic heterocycles. The maximum atomic E-state index is 6.42. The van der Waals surface area contributed by atoms with Gasteiger partial charge in [0.05, 0.1) is 6.61 Å². The first-order valence-corrected chi connectivity index (χ1v) is 6.86. The minimum absolute atomic E-state index is 0. The maximum absolute atomic E-state index is 6.42. The van der Waals surface area contributed by atoms with Gasteiger partial charge in [0.15, 0.2) is 0 Å². The van der Waals surface area contributed by atoms with Crippen molar-refractivity contribution in [3.63, 3.8) is 0 Å². The Labute approximate surface area is 115 Å². The highest BCUT2D eigenvalue weighted by Crippen LogP contribution is 2.35. The molecule has 1 heterocycles. The number of rotatable bonds is 2. The number of hydrogen-bond donors (Lipinski definition) is 1. The number of ether oxygens (including phenoxy) is 1. The molecule has 3 rings (SSSR count). The zero-order valence-electron chi connectivity index (χ0n) is 10.7. The average Bonchev–Trinajstić information content (AvgIpc) is 2.86. The predicted octanol–water partition coefficient (Wildman–Crippen LogP) is 3.62. The molecule has 2 aliphatic rings. The second-order valence-corrected chi connectivity index (χ2v) is 5.39. The number of fused-ring (bicyclic) bond motifs is 1. The van der Waals surface area contributed by atoms with Crippen LogP contribution in [0.25, 0.3) is 0 Å². The van der Waals surface area contributed by atoms with Crippen LogP contribution in [-0.2, 0) is 6.42 Å². The van der Waals surface area contributed by atoms with Crippen molar-refractivity contribution in [1.82, 2.24) is 0 Å². The van der Waals surface area contributed by atoms with Crippen molar-refractivity contribution < 1.29 is 4.74 Å². The summed E-state index contributed by atoms with van der Waals surface area (Å²) in [7, 11) is 0. The summed E-state index contributed by atoms with van der Waals surface area (Å²) >= 11 is 0. The van der Waals surface area contributed by atoms with Gasteiger partial charge in [-0.2, -0.15) is 0 Å². The van der Waals surface area contributed by atoms with Crippen LogP contribution in [0, 0.1) is 5.92 Å². The SMILES string of the molecule is Cl.N[C@H](c1ccc2c(c1)CCO2)C1CCCCC1. The van der Waals surface area contributed by atoms with Crippen molar-refractivity contribution in [2.45, 2.75) is 44.6 Å². The zero-order chi connectivity index (χ0) is 11.7. The van der Waals surface area contributed by atoms with Crippen LogP contribution in [0.1, 0.15) is 49.3 Å². The smallest absolute Gasteiger partial charge is 0.122 e. The summed E-state index contributed by atoms with van der Waals surface area (Å²) in [5.41, 5.74) is 9.07. The highest BCUT2D eigenvalue weighted by molar-refractivity contribution is 5.85. The summed E-state index contributed by atoms with van der Waals surface area (Å²) in [5, 5.41) is 0. The van der Waals surface area contributed by atoms with Crippen LogP contribution < -0.4 is 10.5 Å². The van der Waals surface area contributed by atoms with E-state index in [0.29, 0.717) is 5.92 Å². The molecule has 1 aromatic carbocycles. The third kappa shape index (κ3) is 2.65. The standard InChI is InChI=1S/C15H21NO.ClH/c16-15(11-4-2-1-3-5-11)13-6-7-14-12(10-13)8-9-17-14;/h6-7,10-11,15H,1-5,8-9,16H2;1H/t15-;/m0./s1. The van der Waals surface area contributed by atoms with Crippen molar-refractivity contribution >= 4 is 12.4 Å². The molecule has 0 radical (unpaired) electrons. The third-order valence-electron chi connectivity index (χ3n) is 4.26. The highest BCUT2D eigenvalue weighted by Gasteiger charge is 2.23. The summed E-state index contributed by atoms with van der Waals surface area (Å²) in [6, 6.07) is 6.74. The molecular formula is C15H22ClNO. The van der Waals surface area contributed by atoms with Gasteiger partial charge in [0.25, 0.3) is 0 Å². The first-order chi connectivity index (χ1) is 8.34. The van der Waals surface area contributed by atoms with Crippen molar-refractivity contribution in [1.29, 1.82) is 0 Å². The summed E-state index contributed by atoms with van der Waals surface area (Å²) in [4.78, 5) is 0. The van der Waals surface area contributed by atoms with Crippen LogP contribution in [0.3, 0.4) is 0 Å². The summed E-state index contributed by atoms with van der Waals surface area (Å²) in [6.07, 6.45) is 7.74. The Morgan fingerprint density at radius 3 is 2.72 bits per heavy atom. The van der Waals surface area contributed by atoms with Crippen LogP contribution in [0.5, 0.6) is 5.75 Å². The summed E-state index contributed by atoms with van der Waals surface area (Å²) in [5.74, 6) is 1.74. The molecule has 0 amide bonds. The fraction of sp³-hybridized carbons (Fsp3) is 0.600. The quantitative estimate of drug-likeness (QED) is 0.888. The lowest BCUT2D eigenvalue weighted by Gasteiger charge is -2.28. The normalized spacial score (nSPS) is 20.7. The Morgan fingerprint density at radius 1 is 1.17 bits per heavy atom. The van der Waals surface area contributed by atoms with E-state index in [1.165, 1.54) is 43.2 Å². The van der Waals surface area contributed by atoms with Gasteiger partial charge in [-0.1, -0.05) is 31.4 Å². The van der Waals surface area contributed by atoms with Crippen molar-refractivity contribution in [2.24, 2.45) is 11.7 Å². The largest absolute Gasteiger partial charge is 0.493 e. The van der Waals surface area contributed by atoms with Gasteiger partial charge in [0, 0.05) is 12.5 Å². The second-order valence-electron chi connectivity index (χ2n) is 5.39. The monoisotopic (exact) mass is 267 g/mol. The van der Waals surface area contributed by atoms with E-state index in [1.54, 1.807) is 0 Å². The highest BCUT2D eigenvalue weighted by atomic mass is 35.5. The Balaban J connectivity index is 0.00000120. The number of halogens is 1. The molecule has 1 aliphatic heterocycles. The summed E-state index contributed by atoms with van der Waals surface area (Å²) in [6.45, 7) is 0.831. The van der Waals surface area contributed by atoms with Crippen molar-refractivity contribution in [3.05, 3.63) is 29.3 Å². The molecule has 100 valence electrons. The molecule has 2 N–H and O–H groups in total. The molecule has 18 heavy (non-hydrogen) atoms. The van der Waals surface area contributed by atoms with Gasteiger partial charge in [0.1, 0.15) is 5.75 Å². The summed E-state index contributed by atoms with van der Waals surface area (Å²) < 4.78 is 5.54. The number of hydrogen-bond acceptors (Lipinski definition) is 2. The number of benzene rings is 1. The average molecular weight is 268 g/mol. The van der Waals surface area contributed by atoms with E-state index in [4.69, 9.17) is 10.5 Å². The van der Waals surface area contributed by atoms with Crippen LogP contribution in [0.15, 0.2) is 18.2 Å². The first-order valence-electron chi connectivity index (χ1n) is 6.86. The van der Waals surface area contributed by atoms with E-state index < -0.39 is 0 Å². The molecule has 0 bridgehead atoms. The first kappa shape index (κ1) is 13.7. The lowest BCUT2D eigenvalue weighted by atomic mass is 9.81. The van der Waals surface area contributed by atoms with E-state index in [0.717, 1.165) is 18.8 Å². The van der Waals surface area contributed by atoms with E-state index in [-0.39, 0.29) is 18.4 Å². The Hall–Kier alpha value is -0.730. The Kier molecular flexibility index (Phi) is 4.52. The van der Waals surface area contributed by atoms with E-state index in [2.05, 4.69) is 18.2 Å². The van der Waals surface area contributed by atoms with Gasteiger partial charge >= 0.3 is 0 Å². The molecular weight excluding hydrogens is 246 g/mol. The lowest BCUT2D eigenvalue weighted by Crippen LogP contribution is -2.23. The van der Waals surface area contributed by atoms with Gasteiger partial charge in [-0.25, -0.2) is 0 Å². The van der Waals surface area contributed by atoms with Crippen molar-refractivity contribution in [3.8, 4) is 5.75 Å². The molecule has 1 atom stereocenters. The molecule has 1 saturated carbocycles. The Morgan fingerprint density at radius 2 is 1.94 bits per heavy atom.